The number of halogens is 6. The van der Waals surface area contributed by atoms with E-state index in [0.29, 0.717) is 23.0 Å². The van der Waals surface area contributed by atoms with Crippen molar-refractivity contribution in [2.75, 3.05) is 0 Å². The van der Waals surface area contributed by atoms with Gasteiger partial charge in [0.2, 0.25) is 11.6 Å². The first kappa shape index (κ1) is 25.0. The molecule has 0 heterocycles. The number of carbonyl (C=O) groups excluding carboxylic acids is 2. The summed E-state index contributed by atoms with van der Waals surface area (Å²) in [7, 11) is 0. The predicted octanol–water partition coefficient (Wildman–Crippen LogP) is 8.38. The maximum absolute atomic E-state index is 11.9. The zero-order chi connectivity index (χ0) is 23.5. The fraction of sp³-hybridized carbons (Fsp3) is 0.0909. The molecule has 0 aromatic heterocycles. The normalized spacial score (nSPS) is 11.7. The monoisotopic (exact) mass is 550 g/mol. The Morgan fingerprint density at radius 2 is 0.688 bits per heavy atom. The largest absolute Gasteiger partial charge is 0.457 e. The van der Waals surface area contributed by atoms with E-state index in [2.05, 4.69) is 0 Å². The fourth-order valence-electron chi connectivity index (χ4n) is 2.52. The number of ketones is 2. The molecule has 3 aromatic carbocycles. The molecule has 0 N–H and O–H groups in total. The van der Waals surface area contributed by atoms with Crippen LogP contribution in [0.15, 0.2) is 72.8 Å². The lowest BCUT2D eigenvalue weighted by Gasteiger charge is -2.11. The molecule has 166 valence electrons. The molecular weight excluding hydrogens is 541 g/mol. The summed E-state index contributed by atoms with van der Waals surface area (Å²) in [6, 6.07) is 19.2. The Labute approximate surface area is 213 Å². The minimum Gasteiger partial charge on any atom is -0.457 e. The van der Waals surface area contributed by atoms with Crippen molar-refractivity contribution < 1.29 is 19.1 Å². The number of hydrogen-bond acceptors (Lipinski definition) is 4. The molecular formula is C22H12Cl6O4. The Morgan fingerprint density at radius 1 is 0.469 bits per heavy atom. The second kappa shape index (κ2) is 10.1. The van der Waals surface area contributed by atoms with Crippen molar-refractivity contribution in [2.45, 2.75) is 7.59 Å². The highest BCUT2D eigenvalue weighted by molar-refractivity contribution is 6.78. The maximum Gasteiger partial charge on any atom is 0.253 e. The maximum atomic E-state index is 11.9. The van der Waals surface area contributed by atoms with Crippen LogP contribution in [-0.2, 0) is 0 Å². The van der Waals surface area contributed by atoms with E-state index in [4.69, 9.17) is 79.1 Å². The van der Waals surface area contributed by atoms with E-state index in [1.165, 1.54) is 24.3 Å². The molecule has 0 bridgehead atoms. The van der Waals surface area contributed by atoms with Crippen LogP contribution >= 0.6 is 69.6 Å². The van der Waals surface area contributed by atoms with Crippen LogP contribution in [0.1, 0.15) is 20.7 Å². The van der Waals surface area contributed by atoms with E-state index in [9.17, 15) is 9.59 Å². The average molecular weight is 553 g/mol. The van der Waals surface area contributed by atoms with E-state index < -0.39 is 19.2 Å². The highest BCUT2D eigenvalue weighted by atomic mass is 35.6. The van der Waals surface area contributed by atoms with E-state index in [1.807, 2.05) is 0 Å². The number of carbonyl (C=O) groups is 2. The second-order valence-corrected chi connectivity index (χ2v) is 10.9. The molecule has 32 heavy (non-hydrogen) atoms. The van der Waals surface area contributed by atoms with Gasteiger partial charge in [-0.1, -0.05) is 69.6 Å². The molecule has 0 fully saturated rings. The van der Waals surface area contributed by atoms with Crippen LogP contribution < -0.4 is 9.47 Å². The SMILES string of the molecule is O=C(c1ccc(Oc2ccc(Oc3ccc(C(=O)C(Cl)(Cl)Cl)cc3)cc2)cc1)C(Cl)(Cl)Cl. The smallest absolute Gasteiger partial charge is 0.253 e. The summed E-state index contributed by atoms with van der Waals surface area (Å²) in [5.74, 6) is 0.825. The summed E-state index contributed by atoms with van der Waals surface area (Å²) in [6.07, 6.45) is 0. The van der Waals surface area contributed by atoms with Gasteiger partial charge in [0.05, 0.1) is 0 Å². The molecule has 0 saturated carbocycles. The zero-order valence-electron chi connectivity index (χ0n) is 15.8. The predicted molar refractivity (Wildman–Crippen MR) is 129 cm³/mol. The molecule has 0 aliphatic rings. The van der Waals surface area contributed by atoms with Gasteiger partial charge >= 0.3 is 0 Å². The summed E-state index contributed by atoms with van der Waals surface area (Å²) < 4.78 is 7.44. The summed E-state index contributed by atoms with van der Waals surface area (Å²) in [6.45, 7) is 0. The summed E-state index contributed by atoms with van der Waals surface area (Å²) in [5, 5.41) is 0. The lowest BCUT2D eigenvalue weighted by molar-refractivity contribution is 0.0988. The van der Waals surface area contributed by atoms with Gasteiger partial charge in [0.25, 0.3) is 7.59 Å². The zero-order valence-corrected chi connectivity index (χ0v) is 20.4. The van der Waals surface area contributed by atoms with E-state index in [-0.39, 0.29) is 11.1 Å². The van der Waals surface area contributed by atoms with Crippen molar-refractivity contribution in [3.63, 3.8) is 0 Å². The van der Waals surface area contributed by atoms with Crippen molar-refractivity contribution in [1.82, 2.24) is 0 Å². The van der Waals surface area contributed by atoms with Crippen LogP contribution in [0.5, 0.6) is 23.0 Å². The van der Waals surface area contributed by atoms with Gasteiger partial charge < -0.3 is 9.47 Å². The standard InChI is InChI=1S/C22H12Cl6O4/c23-21(24,25)19(29)13-1-5-15(6-2-13)31-17-9-11-18(12-10-17)32-16-7-3-14(4-8-16)20(30)22(26,27)28/h1-12H. The van der Waals surface area contributed by atoms with Crippen molar-refractivity contribution >= 4 is 81.2 Å². The highest BCUT2D eigenvalue weighted by Crippen LogP contribution is 2.33. The Morgan fingerprint density at radius 3 is 0.906 bits per heavy atom. The summed E-state index contributed by atoms with van der Waals surface area (Å²) >= 11 is 33.6. The van der Waals surface area contributed by atoms with Gasteiger partial charge in [-0.2, -0.15) is 0 Å². The number of benzene rings is 3. The molecule has 0 aliphatic carbocycles. The van der Waals surface area contributed by atoms with Gasteiger partial charge in [-0.3, -0.25) is 9.59 Å². The van der Waals surface area contributed by atoms with Crippen LogP contribution in [0.2, 0.25) is 0 Å². The van der Waals surface area contributed by atoms with Crippen molar-refractivity contribution in [1.29, 1.82) is 0 Å². The molecule has 0 aliphatic heterocycles. The molecule has 0 radical (unpaired) electrons. The van der Waals surface area contributed by atoms with E-state index in [0.717, 1.165) is 0 Å². The highest BCUT2D eigenvalue weighted by Gasteiger charge is 2.32. The molecule has 3 rings (SSSR count). The lowest BCUT2D eigenvalue weighted by Crippen LogP contribution is -2.18. The lowest BCUT2D eigenvalue weighted by atomic mass is 10.1. The third kappa shape index (κ3) is 6.67. The van der Waals surface area contributed by atoms with Gasteiger partial charge in [0.1, 0.15) is 23.0 Å². The van der Waals surface area contributed by atoms with Crippen molar-refractivity contribution in [3.8, 4) is 23.0 Å². The number of hydrogen-bond donors (Lipinski definition) is 0. The minimum atomic E-state index is -2.02. The summed E-state index contributed by atoms with van der Waals surface area (Å²) in [4.78, 5) is 23.9. The quantitative estimate of drug-likeness (QED) is 0.228. The van der Waals surface area contributed by atoms with Gasteiger partial charge in [-0.15, -0.1) is 0 Å². The van der Waals surface area contributed by atoms with Gasteiger partial charge in [-0.25, -0.2) is 0 Å². The third-order valence-corrected chi connectivity index (χ3v) is 5.07. The Balaban J connectivity index is 1.62. The van der Waals surface area contributed by atoms with Crippen molar-refractivity contribution in [3.05, 3.63) is 83.9 Å². The number of Topliss-reactive ketones (excluding diaryl/α,β-unsaturated/α-hetero) is 2. The van der Waals surface area contributed by atoms with Crippen molar-refractivity contribution in [2.24, 2.45) is 0 Å². The first-order chi connectivity index (χ1) is 14.9. The number of rotatable bonds is 6. The Hall–Kier alpha value is -1.66. The first-order valence-electron chi connectivity index (χ1n) is 8.82. The molecule has 10 heteroatoms. The van der Waals surface area contributed by atoms with Crippen LogP contribution in [-0.4, -0.2) is 19.2 Å². The molecule has 4 nitrogen and oxygen atoms in total. The Kier molecular flexibility index (Phi) is 7.87. The Bertz CT molecular complexity index is 1010. The van der Waals surface area contributed by atoms with E-state index >= 15 is 0 Å². The van der Waals surface area contributed by atoms with Gasteiger partial charge in [0.15, 0.2) is 0 Å². The fourth-order valence-corrected chi connectivity index (χ4v) is 3.18. The van der Waals surface area contributed by atoms with Gasteiger partial charge in [-0.05, 0) is 72.8 Å². The second-order valence-electron chi connectivity index (χ2n) is 6.38. The van der Waals surface area contributed by atoms with Crippen LogP contribution in [0.4, 0.5) is 0 Å². The molecule has 3 aromatic rings. The molecule has 0 amide bonds. The summed E-state index contributed by atoms with van der Waals surface area (Å²) in [5.41, 5.74) is 0.505. The number of alkyl halides is 6. The number of ether oxygens (including phenoxy) is 2. The van der Waals surface area contributed by atoms with E-state index in [1.54, 1.807) is 48.5 Å². The molecule has 0 unspecified atom stereocenters. The van der Waals surface area contributed by atoms with Crippen LogP contribution in [0.25, 0.3) is 0 Å². The van der Waals surface area contributed by atoms with Gasteiger partial charge in [0, 0.05) is 11.1 Å². The topological polar surface area (TPSA) is 52.6 Å². The molecule has 0 saturated heterocycles. The van der Waals surface area contributed by atoms with Crippen LogP contribution in [0.3, 0.4) is 0 Å². The molecule has 0 atom stereocenters. The average Bonchev–Trinajstić information content (AvgIpc) is 2.74. The minimum absolute atomic E-state index is 0.252. The van der Waals surface area contributed by atoms with Crippen LogP contribution in [0, 0.1) is 0 Å². The third-order valence-electron chi connectivity index (χ3n) is 4.04. The first-order valence-corrected chi connectivity index (χ1v) is 11.1. The molecule has 0 spiro atoms.